The molecule has 21 heavy (non-hydrogen) atoms. The highest BCUT2D eigenvalue weighted by atomic mass is 35.5. The van der Waals surface area contributed by atoms with Crippen LogP contribution in [-0.2, 0) is 15.6 Å². The van der Waals surface area contributed by atoms with Gasteiger partial charge in [0.1, 0.15) is 0 Å². The first kappa shape index (κ1) is 17.6. The zero-order chi connectivity index (χ0) is 16.0. The summed E-state index contributed by atoms with van der Waals surface area (Å²) in [5, 5.41) is 14.6. The lowest BCUT2D eigenvalue weighted by atomic mass is 10.2. The molecule has 0 spiro atoms. The fourth-order valence-corrected chi connectivity index (χ4v) is 2.61. The van der Waals surface area contributed by atoms with Gasteiger partial charge in [-0.15, -0.1) is 0 Å². The Kier molecular flexibility index (Phi) is 6.80. The summed E-state index contributed by atoms with van der Waals surface area (Å²) in [5.41, 5.74) is 0.285. The molecule has 0 saturated carbocycles. The smallest absolute Gasteiger partial charge is 0.335 e. The van der Waals surface area contributed by atoms with Crippen LogP contribution in [0.4, 0.5) is 5.69 Å². The fraction of sp³-hybridized carbons (Fsp3) is 0.385. The molecular formula is C13H17ClN2O4S. The number of carbonyl (C=O) groups excluding carboxylic acids is 1. The van der Waals surface area contributed by atoms with Gasteiger partial charge in [-0.25, -0.2) is 4.79 Å². The van der Waals surface area contributed by atoms with Gasteiger partial charge in [0.15, 0.2) is 0 Å². The zero-order valence-electron chi connectivity index (χ0n) is 11.7. The lowest BCUT2D eigenvalue weighted by Crippen LogP contribution is -2.37. The predicted octanol–water partition coefficient (Wildman–Crippen LogP) is 1.33. The maximum atomic E-state index is 11.8. The van der Waals surface area contributed by atoms with Gasteiger partial charge in [0, 0.05) is 28.9 Å². The van der Waals surface area contributed by atoms with Crippen molar-refractivity contribution in [2.24, 2.45) is 0 Å². The average Bonchev–Trinajstić information content (AvgIpc) is 2.38. The molecule has 0 saturated heterocycles. The summed E-state index contributed by atoms with van der Waals surface area (Å²) < 4.78 is 11.0. The van der Waals surface area contributed by atoms with E-state index in [2.05, 4.69) is 10.6 Å². The van der Waals surface area contributed by atoms with Crippen LogP contribution in [0.5, 0.6) is 0 Å². The van der Waals surface area contributed by atoms with E-state index < -0.39 is 16.8 Å². The minimum absolute atomic E-state index is 0.0198. The van der Waals surface area contributed by atoms with Gasteiger partial charge in [-0.2, -0.15) is 0 Å². The molecule has 0 fully saturated rings. The van der Waals surface area contributed by atoms with Crippen LogP contribution in [0.3, 0.4) is 0 Å². The van der Waals surface area contributed by atoms with E-state index in [-0.39, 0.29) is 34.8 Å². The Labute approximate surface area is 130 Å². The molecule has 8 heteroatoms. The van der Waals surface area contributed by atoms with Gasteiger partial charge in [0.05, 0.1) is 22.8 Å². The maximum absolute atomic E-state index is 11.8. The summed E-state index contributed by atoms with van der Waals surface area (Å²) >= 11 is 5.91. The number of anilines is 1. The number of carboxylic acid groups (broad SMARTS) is 1. The van der Waals surface area contributed by atoms with Crippen molar-refractivity contribution < 1.29 is 18.9 Å². The Bertz CT molecular complexity index is 565. The molecule has 0 heterocycles. The van der Waals surface area contributed by atoms with E-state index in [9.17, 15) is 13.8 Å². The number of carboxylic acids is 1. The summed E-state index contributed by atoms with van der Waals surface area (Å²) in [4.78, 5) is 22.7. The molecule has 1 amide bonds. The highest BCUT2D eigenvalue weighted by Gasteiger charge is 2.11. The van der Waals surface area contributed by atoms with Gasteiger partial charge < -0.3 is 15.7 Å². The van der Waals surface area contributed by atoms with Crippen molar-refractivity contribution in [3.8, 4) is 0 Å². The van der Waals surface area contributed by atoms with E-state index in [0.717, 1.165) is 0 Å². The second kappa shape index (κ2) is 8.11. The number of nitrogens with one attached hydrogen (secondary N) is 2. The minimum atomic E-state index is -1.10. The third-order valence-corrected chi connectivity index (χ3v) is 3.88. The van der Waals surface area contributed by atoms with E-state index in [1.165, 1.54) is 18.2 Å². The molecule has 2 unspecified atom stereocenters. The number of hydrogen-bond donors (Lipinski definition) is 3. The van der Waals surface area contributed by atoms with E-state index in [1.807, 2.05) is 6.92 Å². The van der Waals surface area contributed by atoms with Crippen LogP contribution in [0.25, 0.3) is 0 Å². The van der Waals surface area contributed by atoms with E-state index >= 15 is 0 Å². The van der Waals surface area contributed by atoms with Gasteiger partial charge in [-0.05, 0) is 25.1 Å². The van der Waals surface area contributed by atoms with Crippen molar-refractivity contribution in [2.45, 2.75) is 13.0 Å². The lowest BCUT2D eigenvalue weighted by Gasteiger charge is -2.13. The Hall–Kier alpha value is -1.44. The van der Waals surface area contributed by atoms with Crippen molar-refractivity contribution in [1.29, 1.82) is 0 Å². The Morgan fingerprint density at radius 3 is 2.67 bits per heavy atom. The number of benzene rings is 1. The SMILES string of the molecule is CC(CS(C)=O)NCC(=O)Nc1cc(C(=O)O)ccc1Cl. The highest BCUT2D eigenvalue weighted by Crippen LogP contribution is 2.22. The lowest BCUT2D eigenvalue weighted by molar-refractivity contribution is -0.115. The summed E-state index contributed by atoms with van der Waals surface area (Å²) in [6.07, 6.45) is 1.59. The first-order valence-electron chi connectivity index (χ1n) is 6.15. The zero-order valence-corrected chi connectivity index (χ0v) is 13.3. The van der Waals surface area contributed by atoms with Gasteiger partial charge in [-0.3, -0.25) is 9.00 Å². The van der Waals surface area contributed by atoms with Crippen LogP contribution in [0.1, 0.15) is 17.3 Å². The molecule has 0 bridgehead atoms. The number of rotatable bonds is 7. The largest absolute Gasteiger partial charge is 0.478 e. The molecule has 1 aromatic carbocycles. The second-order valence-corrected chi connectivity index (χ2v) is 6.46. The van der Waals surface area contributed by atoms with Crippen molar-refractivity contribution in [1.82, 2.24) is 5.32 Å². The van der Waals surface area contributed by atoms with Crippen molar-refractivity contribution in [3.05, 3.63) is 28.8 Å². The van der Waals surface area contributed by atoms with Crippen molar-refractivity contribution >= 4 is 40.0 Å². The molecule has 1 rings (SSSR count). The number of carbonyl (C=O) groups is 2. The monoisotopic (exact) mass is 332 g/mol. The molecule has 1 aromatic rings. The minimum Gasteiger partial charge on any atom is -0.478 e. The van der Waals surface area contributed by atoms with Crippen LogP contribution < -0.4 is 10.6 Å². The van der Waals surface area contributed by atoms with Crippen LogP contribution >= 0.6 is 11.6 Å². The molecule has 0 radical (unpaired) electrons. The van der Waals surface area contributed by atoms with Gasteiger partial charge in [-0.1, -0.05) is 11.6 Å². The van der Waals surface area contributed by atoms with Gasteiger partial charge in [0.2, 0.25) is 5.91 Å². The summed E-state index contributed by atoms with van der Waals surface area (Å²) in [7, 11) is -0.941. The van der Waals surface area contributed by atoms with Gasteiger partial charge >= 0.3 is 5.97 Å². The summed E-state index contributed by atoms with van der Waals surface area (Å²) in [6, 6.07) is 4.00. The first-order valence-corrected chi connectivity index (χ1v) is 8.26. The third-order valence-electron chi connectivity index (χ3n) is 2.58. The predicted molar refractivity (Wildman–Crippen MR) is 83.4 cm³/mol. The number of amides is 1. The Morgan fingerprint density at radius 1 is 1.43 bits per heavy atom. The second-order valence-electron chi connectivity index (χ2n) is 4.57. The molecule has 6 nitrogen and oxygen atoms in total. The average molecular weight is 333 g/mol. The standard InChI is InChI=1S/C13H17ClN2O4S/c1-8(7-21(2)20)15-6-12(17)16-11-5-9(13(18)19)3-4-10(11)14/h3-5,8,15H,6-7H2,1-2H3,(H,16,17)(H,18,19). The van der Waals surface area contributed by atoms with Crippen molar-refractivity contribution in [3.63, 3.8) is 0 Å². The number of halogens is 1. The quantitative estimate of drug-likeness (QED) is 0.700. The van der Waals surface area contributed by atoms with Crippen LogP contribution in [0.15, 0.2) is 18.2 Å². The normalized spacial score (nSPS) is 13.5. The molecule has 0 aromatic heterocycles. The molecule has 116 valence electrons. The summed E-state index contributed by atoms with van der Waals surface area (Å²) in [6.45, 7) is 1.85. The van der Waals surface area contributed by atoms with Crippen LogP contribution in [-0.4, -0.2) is 45.8 Å². The number of hydrogen-bond acceptors (Lipinski definition) is 4. The van der Waals surface area contributed by atoms with Crippen molar-refractivity contribution in [2.75, 3.05) is 23.9 Å². The molecule has 0 aliphatic rings. The van der Waals surface area contributed by atoms with E-state index in [0.29, 0.717) is 5.75 Å². The topological polar surface area (TPSA) is 95.5 Å². The Balaban J connectivity index is 2.60. The molecule has 3 N–H and O–H groups in total. The first-order chi connectivity index (χ1) is 9.79. The summed E-state index contributed by atoms with van der Waals surface area (Å²) in [5.74, 6) is -1.00. The molecule has 0 aliphatic heterocycles. The van der Waals surface area contributed by atoms with Crippen LogP contribution in [0, 0.1) is 0 Å². The maximum Gasteiger partial charge on any atom is 0.335 e. The van der Waals surface area contributed by atoms with E-state index in [1.54, 1.807) is 6.26 Å². The van der Waals surface area contributed by atoms with Crippen LogP contribution in [0.2, 0.25) is 5.02 Å². The molecule has 2 atom stereocenters. The van der Waals surface area contributed by atoms with E-state index in [4.69, 9.17) is 16.7 Å². The highest BCUT2D eigenvalue weighted by molar-refractivity contribution is 7.84. The molecule has 0 aliphatic carbocycles. The Morgan fingerprint density at radius 2 is 2.10 bits per heavy atom. The number of aromatic carboxylic acids is 1. The fourth-order valence-electron chi connectivity index (χ4n) is 1.63. The third kappa shape index (κ3) is 6.24. The van der Waals surface area contributed by atoms with Gasteiger partial charge in [0.25, 0.3) is 0 Å². The molecular weight excluding hydrogens is 316 g/mol.